The number of hydrogen-bond donors (Lipinski definition) is 0. The Hall–Kier alpha value is -1.85. The first kappa shape index (κ1) is 19.5. The Bertz CT molecular complexity index is 810. The predicted molar refractivity (Wildman–Crippen MR) is 120 cm³/mol. The van der Waals surface area contributed by atoms with E-state index in [1.807, 2.05) is 11.3 Å². The first-order chi connectivity index (χ1) is 13.6. The summed E-state index contributed by atoms with van der Waals surface area (Å²) in [4.78, 5) is 6.29. The molecule has 4 heterocycles. The maximum absolute atomic E-state index is 4.98. The second kappa shape index (κ2) is 8.26. The van der Waals surface area contributed by atoms with E-state index in [0.29, 0.717) is 11.8 Å². The van der Waals surface area contributed by atoms with Gasteiger partial charge in [0.2, 0.25) is 0 Å². The van der Waals surface area contributed by atoms with Crippen molar-refractivity contribution >= 4 is 23.1 Å². The molecule has 1 saturated heterocycles. The molecule has 4 nitrogen and oxygen atoms in total. The van der Waals surface area contributed by atoms with Gasteiger partial charge in [0.05, 0.1) is 5.70 Å². The molecule has 5 heteroatoms. The fourth-order valence-electron chi connectivity index (χ4n) is 4.35. The first-order valence-electron chi connectivity index (χ1n) is 10.6. The Morgan fingerprint density at radius 3 is 2.64 bits per heavy atom. The fraction of sp³-hybridized carbons (Fsp3) is 0.522. The molecule has 0 bridgehead atoms. The number of hydrogen-bond acceptors (Lipinski definition) is 5. The standard InChI is InChI=1S/C23H32N4S/c1-5-19-18(3)16-24-27-22(26-12-10-25(4)11-13-26)9-8-17(2)15-20(23(19)27)21-7-6-14-28-21/h6-7,9,14-18H,5,8,10-13H2,1-4H3. The molecule has 0 radical (unpaired) electrons. The van der Waals surface area contributed by atoms with Crippen molar-refractivity contribution in [3.63, 3.8) is 0 Å². The molecule has 4 rings (SSSR count). The molecule has 1 aromatic rings. The lowest BCUT2D eigenvalue weighted by Gasteiger charge is -2.42. The highest BCUT2D eigenvalue weighted by molar-refractivity contribution is 7.11. The molecule has 150 valence electrons. The van der Waals surface area contributed by atoms with Crippen LogP contribution in [0.2, 0.25) is 0 Å². The SMILES string of the molecule is CCC1=C2C(c3cccs3)=CC(C)CC=C(N3CCN(C)CC3)N2N=CC1C. The largest absolute Gasteiger partial charge is 0.354 e. The summed E-state index contributed by atoms with van der Waals surface area (Å²) in [6.45, 7) is 11.2. The number of piperazine rings is 1. The van der Waals surface area contributed by atoms with E-state index < -0.39 is 0 Å². The van der Waals surface area contributed by atoms with Crippen LogP contribution in [0.3, 0.4) is 0 Å². The quantitative estimate of drug-likeness (QED) is 0.728. The smallest absolute Gasteiger partial charge is 0.126 e. The average molecular weight is 397 g/mol. The first-order valence-corrected chi connectivity index (χ1v) is 11.4. The molecule has 0 aromatic carbocycles. The highest BCUT2D eigenvalue weighted by atomic mass is 32.1. The number of allylic oxidation sites excluding steroid dienone is 4. The Labute approximate surface area is 173 Å². The van der Waals surface area contributed by atoms with Crippen LogP contribution in [0.1, 0.15) is 38.5 Å². The molecule has 3 aliphatic heterocycles. The number of likely N-dealkylation sites (N-methyl/N-ethyl adjacent to an activating group) is 1. The third kappa shape index (κ3) is 3.70. The lowest BCUT2D eigenvalue weighted by molar-refractivity contribution is 0.150. The number of hydrazone groups is 1. The molecule has 28 heavy (non-hydrogen) atoms. The highest BCUT2D eigenvalue weighted by Crippen LogP contribution is 2.41. The van der Waals surface area contributed by atoms with Gasteiger partial charge in [-0.3, -0.25) is 0 Å². The summed E-state index contributed by atoms with van der Waals surface area (Å²) in [5, 5.41) is 9.42. The molecule has 0 amide bonds. The molecular weight excluding hydrogens is 364 g/mol. The van der Waals surface area contributed by atoms with Gasteiger partial charge in [0.25, 0.3) is 0 Å². The molecule has 0 saturated carbocycles. The highest BCUT2D eigenvalue weighted by Gasteiger charge is 2.32. The number of nitrogens with zero attached hydrogens (tertiary/aromatic N) is 4. The second-order valence-electron chi connectivity index (χ2n) is 8.22. The Kier molecular flexibility index (Phi) is 5.74. The normalized spacial score (nSPS) is 26.6. The maximum Gasteiger partial charge on any atom is 0.126 e. The van der Waals surface area contributed by atoms with Gasteiger partial charge in [-0.05, 0) is 48.9 Å². The summed E-state index contributed by atoms with van der Waals surface area (Å²) in [6.07, 6.45) is 9.11. The summed E-state index contributed by atoms with van der Waals surface area (Å²) in [6, 6.07) is 4.42. The van der Waals surface area contributed by atoms with Gasteiger partial charge < -0.3 is 9.80 Å². The van der Waals surface area contributed by atoms with Gasteiger partial charge in [-0.1, -0.05) is 32.9 Å². The van der Waals surface area contributed by atoms with Crippen LogP contribution in [0.25, 0.3) is 5.57 Å². The van der Waals surface area contributed by atoms with E-state index in [9.17, 15) is 0 Å². The van der Waals surface area contributed by atoms with Crippen LogP contribution in [0, 0.1) is 11.8 Å². The van der Waals surface area contributed by atoms with Crippen molar-refractivity contribution in [3.05, 3.63) is 51.6 Å². The third-order valence-electron chi connectivity index (χ3n) is 6.06. The average Bonchev–Trinajstić information content (AvgIpc) is 3.21. The van der Waals surface area contributed by atoms with Gasteiger partial charge in [0.1, 0.15) is 5.82 Å². The minimum absolute atomic E-state index is 0.378. The molecule has 0 N–H and O–H groups in total. The molecule has 2 atom stereocenters. The molecule has 1 fully saturated rings. The van der Waals surface area contributed by atoms with E-state index >= 15 is 0 Å². The summed E-state index contributed by atoms with van der Waals surface area (Å²) in [7, 11) is 2.21. The van der Waals surface area contributed by atoms with Gasteiger partial charge in [0.15, 0.2) is 0 Å². The minimum atomic E-state index is 0.378. The van der Waals surface area contributed by atoms with E-state index in [1.54, 1.807) is 0 Å². The lowest BCUT2D eigenvalue weighted by atomic mass is 9.89. The van der Waals surface area contributed by atoms with Gasteiger partial charge in [-0.2, -0.15) is 5.10 Å². The van der Waals surface area contributed by atoms with Crippen molar-refractivity contribution in [2.24, 2.45) is 16.9 Å². The van der Waals surface area contributed by atoms with Gasteiger partial charge in [0, 0.05) is 48.8 Å². The predicted octanol–water partition coefficient (Wildman–Crippen LogP) is 4.86. The van der Waals surface area contributed by atoms with Crippen LogP contribution in [0.15, 0.2) is 51.9 Å². The van der Waals surface area contributed by atoms with Crippen molar-refractivity contribution in [1.82, 2.24) is 14.8 Å². The molecule has 2 unspecified atom stereocenters. The van der Waals surface area contributed by atoms with Crippen molar-refractivity contribution in [2.75, 3.05) is 33.2 Å². The Morgan fingerprint density at radius 2 is 1.96 bits per heavy atom. The molecule has 0 spiro atoms. The fourth-order valence-corrected chi connectivity index (χ4v) is 5.11. The van der Waals surface area contributed by atoms with E-state index in [4.69, 9.17) is 5.10 Å². The zero-order chi connectivity index (χ0) is 19.7. The van der Waals surface area contributed by atoms with Crippen LogP contribution < -0.4 is 0 Å². The lowest BCUT2D eigenvalue weighted by Crippen LogP contribution is -2.47. The topological polar surface area (TPSA) is 22.1 Å². The Balaban J connectivity index is 1.82. The van der Waals surface area contributed by atoms with Crippen LogP contribution in [-0.2, 0) is 0 Å². The Morgan fingerprint density at radius 1 is 1.18 bits per heavy atom. The zero-order valence-corrected chi connectivity index (χ0v) is 18.4. The maximum atomic E-state index is 4.98. The second-order valence-corrected chi connectivity index (χ2v) is 9.16. The number of rotatable bonds is 3. The summed E-state index contributed by atoms with van der Waals surface area (Å²) < 4.78 is 0. The van der Waals surface area contributed by atoms with Crippen molar-refractivity contribution < 1.29 is 0 Å². The van der Waals surface area contributed by atoms with Crippen molar-refractivity contribution in [1.29, 1.82) is 0 Å². The van der Waals surface area contributed by atoms with E-state index in [2.05, 4.69) is 78.5 Å². The monoisotopic (exact) mass is 396 g/mol. The van der Waals surface area contributed by atoms with E-state index in [0.717, 1.165) is 39.0 Å². The summed E-state index contributed by atoms with van der Waals surface area (Å²) >= 11 is 1.83. The van der Waals surface area contributed by atoms with Crippen LogP contribution >= 0.6 is 11.3 Å². The van der Waals surface area contributed by atoms with Crippen LogP contribution in [0.4, 0.5) is 0 Å². The number of thiophene rings is 1. The van der Waals surface area contributed by atoms with Crippen LogP contribution in [0.5, 0.6) is 0 Å². The molecule has 3 aliphatic rings. The van der Waals surface area contributed by atoms with Crippen molar-refractivity contribution in [3.8, 4) is 0 Å². The van der Waals surface area contributed by atoms with Crippen molar-refractivity contribution in [2.45, 2.75) is 33.6 Å². The molecule has 0 aliphatic carbocycles. The number of fused-ring (bicyclic) bond motifs is 1. The molecular formula is C23H32N4S. The van der Waals surface area contributed by atoms with Gasteiger partial charge >= 0.3 is 0 Å². The minimum Gasteiger partial charge on any atom is -0.354 e. The van der Waals surface area contributed by atoms with Gasteiger partial charge in [-0.25, -0.2) is 5.01 Å². The summed E-state index contributed by atoms with van der Waals surface area (Å²) in [5.41, 5.74) is 4.17. The van der Waals surface area contributed by atoms with Crippen LogP contribution in [-0.4, -0.2) is 54.3 Å². The summed E-state index contributed by atoms with van der Waals surface area (Å²) in [5.74, 6) is 2.16. The third-order valence-corrected chi connectivity index (χ3v) is 6.96. The van der Waals surface area contributed by atoms with Gasteiger partial charge in [-0.15, -0.1) is 11.3 Å². The van der Waals surface area contributed by atoms with E-state index in [1.165, 1.54) is 27.5 Å². The van der Waals surface area contributed by atoms with E-state index in [-0.39, 0.29) is 0 Å². The molecule has 1 aromatic heterocycles. The zero-order valence-electron chi connectivity index (χ0n) is 17.6.